The summed E-state index contributed by atoms with van der Waals surface area (Å²) in [6, 6.07) is 15.9. The lowest BCUT2D eigenvalue weighted by molar-refractivity contribution is -0.127. The Bertz CT molecular complexity index is 953. The van der Waals surface area contributed by atoms with Gasteiger partial charge in [0.05, 0.1) is 18.4 Å². The number of ether oxygens (including phenoxy) is 1. The molecule has 0 atom stereocenters. The number of rotatable bonds is 8. The highest BCUT2D eigenvalue weighted by atomic mass is 32.2. The minimum Gasteiger partial charge on any atom is -0.496 e. The van der Waals surface area contributed by atoms with Gasteiger partial charge in [0.1, 0.15) is 5.75 Å². The molecular formula is C26H33N3O3S. The van der Waals surface area contributed by atoms with Crippen LogP contribution in [0.4, 0.5) is 0 Å². The minimum absolute atomic E-state index is 0.0464. The van der Waals surface area contributed by atoms with E-state index in [4.69, 9.17) is 4.74 Å². The smallest absolute Gasteiger partial charge is 0.252 e. The van der Waals surface area contributed by atoms with Crippen LogP contribution in [0.1, 0.15) is 41.6 Å². The predicted octanol–water partition coefficient (Wildman–Crippen LogP) is 3.80. The molecule has 1 N–H and O–H groups in total. The monoisotopic (exact) mass is 467 g/mol. The van der Waals surface area contributed by atoms with Crippen LogP contribution in [0, 0.1) is 0 Å². The summed E-state index contributed by atoms with van der Waals surface area (Å²) in [5.74, 6) is 1.42. The molecule has 0 spiro atoms. The van der Waals surface area contributed by atoms with Gasteiger partial charge in [-0.1, -0.05) is 30.3 Å². The zero-order chi connectivity index (χ0) is 23.0. The Morgan fingerprint density at radius 3 is 2.45 bits per heavy atom. The van der Waals surface area contributed by atoms with Gasteiger partial charge < -0.3 is 15.0 Å². The molecule has 2 amide bonds. The quantitative estimate of drug-likeness (QED) is 0.599. The van der Waals surface area contributed by atoms with Gasteiger partial charge in [-0.3, -0.25) is 14.5 Å². The molecule has 6 nitrogen and oxygen atoms in total. The number of hydrogen-bond donors (Lipinski definition) is 1. The molecule has 0 aromatic heterocycles. The lowest BCUT2D eigenvalue weighted by atomic mass is 10.0. The minimum atomic E-state index is -0.0464. The number of benzene rings is 2. The number of piperidine rings is 1. The van der Waals surface area contributed by atoms with Gasteiger partial charge in [0, 0.05) is 49.2 Å². The van der Waals surface area contributed by atoms with Crippen molar-refractivity contribution in [2.24, 2.45) is 0 Å². The van der Waals surface area contributed by atoms with E-state index in [0.717, 1.165) is 69.1 Å². The molecule has 0 radical (unpaired) electrons. The van der Waals surface area contributed by atoms with Crippen molar-refractivity contribution in [3.63, 3.8) is 0 Å². The van der Waals surface area contributed by atoms with Crippen LogP contribution in [0.15, 0.2) is 53.4 Å². The van der Waals surface area contributed by atoms with Gasteiger partial charge in [-0.2, -0.15) is 0 Å². The zero-order valence-corrected chi connectivity index (χ0v) is 20.1. The van der Waals surface area contributed by atoms with Gasteiger partial charge in [0.15, 0.2) is 0 Å². The summed E-state index contributed by atoms with van der Waals surface area (Å²) in [4.78, 5) is 30.7. The molecule has 4 rings (SSSR count). The molecule has 33 heavy (non-hydrogen) atoms. The van der Waals surface area contributed by atoms with Crippen molar-refractivity contribution in [2.45, 2.75) is 43.2 Å². The number of nitrogens with zero attached hydrogens (tertiary/aromatic N) is 2. The highest BCUT2D eigenvalue weighted by Crippen LogP contribution is 2.25. The number of carbonyl (C=O) groups excluding carboxylic acids is 2. The molecule has 2 fully saturated rings. The van der Waals surface area contributed by atoms with Crippen molar-refractivity contribution in [1.82, 2.24) is 15.1 Å². The lowest BCUT2D eigenvalue weighted by Gasteiger charge is -2.32. The summed E-state index contributed by atoms with van der Waals surface area (Å²) < 4.78 is 5.47. The summed E-state index contributed by atoms with van der Waals surface area (Å²) in [6.07, 6.45) is 4.02. The fraction of sp³-hybridized carbons (Fsp3) is 0.462. The first-order chi connectivity index (χ1) is 16.1. The van der Waals surface area contributed by atoms with E-state index in [1.807, 2.05) is 47.4 Å². The SMILES string of the molecule is COc1ccccc1CN1CCC(NC(=O)c2ccccc2SCC(=O)N2CCCC2)CC1. The number of carbonyl (C=O) groups is 2. The molecule has 0 aliphatic carbocycles. The van der Waals surface area contributed by atoms with Crippen LogP contribution in [0.2, 0.25) is 0 Å². The summed E-state index contributed by atoms with van der Waals surface area (Å²) in [5, 5.41) is 3.23. The van der Waals surface area contributed by atoms with Crippen LogP contribution in [0.3, 0.4) is 0 Å². The summed E-state index contributed by atoms with van der Waals surface area (Å²) in [7, 11) is 1.71. The van der Waals surface area contributed by atoms with Gasteiger partial charge in [-0.05, 0) is 43.9 Å². The zero-order valence-electron chi connectivity index (χ0n) is 19.3. The van der Waals surface area contributed by atoms with E-state index in [1.165, 1.54) is 17.3 Å². The molecule has 2 aliphatic heterocycles. The fourth-order valence-electron chi connectivity index (χ4n) is 4.55. The average molecular weight is 468 g/mol. The van der Waals surface area contributed by atoms with Crippen molar-refractivity contribution in [3.05, 3.63) is 59.7 Å². The highest BCUT2D eigenvalue weighted by Gasteiger charge is 2.23. The second-order valence-electron chi connectivity index (χ2n) is 8.71. The van der Waals surface area contributed by atoms with E-state index in [1.54, 1.807) is 7.11 Å². The average Bonchev–Trinajstić information content (AvgIpc) is 3.39. The first kappa shape index (κ1) is 23.6. The van der Waals surface area contributed by atoms with Crippen LogP contribution in [0.25, 0.3) is 0 Å². The molecule has 2 heterocycles. The van der Waals surface area contributed by atoms with Crippen molar-refractivity contribution < 1.29 is 14.3 Å². The number of likely N-dealkylation sites (tertiary alicyclic amines) is 2. The first-order valence-corrected chi connectivity index (χ1v) is 12.8. The van der Waals surface area contributed by atoms with Crippen LogP contribution in [0.5, 0.6) is 5.75 Å². The second kappa shape index (κ2) is 11.6. The van der Waals surface area contributed by atoms with Gasteiger partial charge >= 0.3 is 0 Å². The normalized spacial score (nSPS) is 17.2. The Morgan fingerprint density at radius 2 is 1.70 bits per heavy atom. The van der Waals surface area contributed by atoms with E-state index in [2.05, 4.69) is 16.3 Å². The molecule has 0 unspecified atom stereocenters. The van der Waals surface area contributed by atoms with Crippen molar-refractivity contribution in [1.29, 1.82) is 0 Å². The van der Waals surface area contributed by atoms with Crippen LogP contribution >= 0.6 is 11.8 Å². The number of methoxy groups -OCH3 is 1. The first-order valence-electron chi connectivity index (χ1n) is 11.8. The molecule has 0 saturated carbocycles. The Kier molecular flexibility index (Phi) is 8.29. The summed E-state index contributed by atoms with van der Waals surface area (Å²) in [6.45, 7) is 4.44. The van der Waals surface area contributed by atoms with E-state index in [0.29, 0.717) is 11.3 Å². The Balaban J connectivity index is 1.28. The topological polar surface area (TPSA) is 61.9 Å². The third-order valence-corrected chi connectivity index (χ3v) is 7.51. The van der Waals surface area contributed by atoms with Crippen molar-refractivity contribution >= 4 is 23.6 Å². The van der Waals surface area contributed by atoms with Gasteiger partial charge in [-0.15, -0.1) is 11.8 Å². The third kappa shape index (κ3) is 6.30. The number of nitrogens with one attached hydrogen (secondary N) is 1. The van der Waals surface area contributed by atoms with Crippen LogP contribution in [-0.4, -0.2) is 66.7 Å². The van der Waals surface area contributed by atoms with Gasteiger partial charge in [0.2, 0.25) is 5.91 Å². The van der Waals surface area contributed by atoms with Crippen molar-refractivity contribution in [3.8, 4) is 5.75 Å². The molecule has 7 heteroatoms. The molecule has 2 saturated heterocycles. The van der Waals surface area contributed by atoms with Crippen molar-refractivity contribution in [2.75, 3.05) is 39.0 Å². The van der Waals surface area contributed by atoms with Crippen LogP contribution in [-0.2, 0) is 11.3 Å². The van der Waals surface area contributed by atoms with E-state index in [-0.39, 0.29) is 17.9 Å². The standard InChI is InChI=1S/C26H33N3O3S/c1-32-23-10-4-2-8-20(23)18-28-16-12-21(13-17-28)27-26(31)22-9-3-5-11-24(22)33-19-25(30)29-14-6-7-15-29/h2-5,8-11,21H,6-7,12-19H2,1H3,(H,27,31). The molecule has 2 aliphatic rings. The van der Waals surface area contributed by atoms with E-state index in [9.17, 15) is 9.59 Å². The van der Waals surface area contributed by atoms with E-state index < -0.39 is 0 Å². The molecular weight excluding hydrogens is 434 g/mol. The molecule has 176 valence electrons. The highest BCUT2D eigenvalue weighted by molar-refractivity contribution is 8.00. The summed E-state index contributed by atoms with van der Waals surface area (Å²) >= 11 is 1.47. The molecule has 2 aromatic rings. The maximum absolute atomic E-state index is 13.0. The largest absolute Gasteiger partial charge is 0.496 e. The Labute approximate surface area is 200 Å². The van der Waals surface area contributed by atoms with Crippen LogP contribution < -0.4 is 10.1 Å². The number of para-hydroxylation sites is 1. The van der Waals surface area contributed by atoms with Gasteiger partial charge in [0.25, 0.3) is 5.91 Å². The summed E-state index contributed by atoms with van der Waals surface area (Å²) in [5.41, 5.74) is 1.85. The molecule has 2 aromatic carbocycles. The number of hydrogen-bond acceptors (Lipinski definition) is 5. The second-order valence-corrected chi connectivity index (χ2v) is 9.73. The fourth-order valence-corrected chi connectivity index (χ4v) is 5.50. The number of amides is 2. The lowest BCUT2D eigenvalue weighted by Crippen LogP contribution is -2.44. The predicted molar refractivity (Wildman–Crippen MR) is 132 cm³/mol. The maximum atomic E-state index is 13.0. The van der Waals surface area contributed by atoms with Gasteiger partial charge in [-0.25, -0.2) is 0 Å². The third-order valence-electron chi connectivity index (χ3n) is 6.45. The number of thioether (sulfide) groups is 1. The van der Waals surface area contributed by atoms with E-state index >= 15 is 0 Å². The molecule has 0 bridgehead atoms. The Hall–Kier alpha value is -2.51. The maximum Gasteiger partial charge on any atom is 0.252 e. The Morgan fingerprint density at radius 1 is 1.00 bits per heavy atom.